The summed E-state index contributed by atoms with van der Waals surface area (Å²) in [6.45, 7) is 2.83. The number of nitrogens with zero attached hydrogens (tertiary/aromatic N) is 2. The molecule has 0 bridgehead atoms. The number of likely N-dealkylation sites (tertiary alicyclic amines) is 1. The van der Waals surface area contributed by atoms with Crippen molar-refractivity contribution in [3.05, 3.63) is 61.4 Å². The molecule has 1 N–H and O–H groups in total. The molecule has 0 aliphatic carbocycles. The lowest BCUT2D eigenvalue weighted by atomic mass is 9.95. The predicted octanol–water partition coefficient (Wildman–Crippen LogP) is 2.42. The number of hydrogen-bond donors (Lipinski definition) is 1. The molecule has 122 valence electrons. The standard InChI is InChI=1S/C18H16FN3O2/c1-2-16(23)22-11-18(19,12-22)17(24)21-15-7-5-13(6-8-15)14-4-3-9-20-10-14/h2-10H,1,11-12H2,(H,21,24). The zero-order valence-electron chi connectivity index (χ0n) is 12.9. The fourth-order valence-corrected chi connectivity index (χ4v) is 2.51. The van der Waals surface area contributed by atoms with Gasteiger partial charge in [0, 0.05) is 18.1 Å². The van der Waals surface area contributed by atoms with Gasteiger partial charge in [0.15, 0.2) is 0 Å². The Labute approximate surface area is 138 Å². The van der Waals surface area contributed by atoms with Crippen LogP contribution in [0, 0.1) is 0 Å². The molecule has 1 saturated heterocycles. The minimum Gasteiger partial charge on any atom is -0.331 e. The van der Waals surface area contributed by atoms with Crippen LogP contribution in [-0.2, 0) is 9.59 Å². The highest BCUT2D eigenvalue weighted by Gasteiger charge is 2.51. The third kappa shape index (κ3) is 3.03. The number of alkyl halides is 1. The number of carbonyl (C=O) groups excluding carboxylic acids is 2. The fourth-order valence-electron chi connectivity index (χ4n) is 2.51. The number of amides is 2. The van der Waals surface area contributed by atoms with Gasteiger partial charge in [-0.25, -0.2) is 4.39 Å². The SMILES string of the molecule is C=CC(=O)N1CC(F)(C(=O)Nc2ccc(-c3cccnc3)cc2)C1. The molecule has 0 atom stereocenters. The second-order valence-electron chi connectivity index (χ2n) is 5.64. The summed E-state index contributed by atoms with van der Waals surface area (Å²) in [7, 11) is 0. The van der Waals surface area contributed by atoms with Crippen molar-refractivity contribution in [3.8, 4) is 11.1 Å². The Morgan fingerprint density at radius 1 is 1.21 bits per heavy atom. The Hall–Kier alpha value is -3.02. The topological polar surface area (TPSA) is 62.3 Å². The van der Waals surface area contributed by atoms with Crippen LogP contribution < -0.4 is 5.32 Å². The first-order chi connectivity index (χ1) is 11.5. The van der Waals surface area contributed by atoms with E-state index in [4.69, 9.17) is 0 Å². The molecule has 1 fully saturated rings. The zero-order chi connectivity index (χ0) is 17.2. The van der Waals surface area contributed by atoms with Gasteiger partial charge in [-0.15, -0.1) is 0 Å². The van der Waals surface area contributed by atoms with Crippen LogP contribution in [0.25, 0.3) is 11.1 Å². The number of hydrogen-bond acceptors (Lipinski definition) is 3. The molecule has 1 aromatic carbocycles. The van der Waals surface area contributed by atoms with Crippen molar-refractivity contribution in [3.63, 3.8) is 0 Å². The molecule has 1 aliphatic heterocycles. The van der Waals surface area contributed by atoms with Crippen LogP contribution in [0.3, 0.4) is 0 Å². The average molecular weight is 325 g/mol. The summed E-state index contributed by atoms with van der Waals surface area (Å²) in [5, 5.41) is 2.55. The van der Waals surface area contributed by atoms with E-state index in [1.165, 1.54) is 4.90 Å². The number of carbonyl (C=O) groups is 2. The Bertz CT molecular complexity index is 769. The zero-order valence-corrected chi connectivity index (χ0v) is 12.9. The van der Waals surface area contributed by atoms with E-state index >= 15 is 0 Å². The Morgan fingerprint density at radius 3 is 2.50 bits per heavy atom. The maximum Gasteiger partial charge on any atom is 0.265 e. The number of halogens is 1. The Balaban J connectivity index is 1.63. The lowest BCUT2D eigenvalue weighted by molar-refractivity contribution is -0.150. The first-order valence-corrected chi connectivity index (χ1v) is 7.44. The van der Waals surface area contributed by atoms with Crippen LogP contribution in [0.5, 0.6) is 0 Å². The van der Waals surface area contributed by atoms with E-state index in [9.17, 15) is 14.0 Å². The molecule has 2 heterocycles. The number of benzene rings is 1. The second kappa shape index (κ2) is 6.23. The first-order valence-electron chi connectivity index (χ1n) is 7.44. The van der Waals surface area contributed by atoms with Crippen molar-refractivity contribution >= 4 is 17.5 Å². The highest BCUT2D eigenvalue weighted by Crippen LogP contribution is 2.28. The highest BCUT2D eigenvalue weighted by molar-refractivity contribution is 6.00. The molecule has 2 amide bonds. The summed E-state index contributed by atoms with van der Waals surface area (Å²) >= 11 is 0. The van der Waals surface area contributed by atoms with E-state index in [0.717, 1.165) is 17.2 Å². The third-order valence-corrected chi connectivity index (χ3v) is 3.91. The lowest BCUT2D eigenvalue weighted by Crippen LogP contribution is -2.65. The summed E-state index contributed by atoms with van der Waals surface area (Å²) in [6.07, 6.45) is 4.54. The molecule has 0 radical (unpaired) electrons. The van der Waals surface area contributed by atoms with E-state index in [1.54, 1.807) is 24.5 Å². The lowest BCUT2D eigenvalue weighted by Gasteiger charge is -2.42. The Morgan fingerprint density at radius 2 is 1.92 bits per heavy atom. The third-order valence-electron chi connectivity index (χ3n) is 3.91. The van der Waals surface area contributed by atoms with E-state index in [2.05, 4.69) is 16.9 Å². The van der Waals surface area contributed by atoms with Crippen molar-refractivity contribution in [1.82, 2.24) is 9.88 Å². The van der Waals surface area contributed by atoms with Gasteiger partial charge in [-0.05, 0) is 35.4 Å². The van der Waals surface area contributed by atoms with Gasteiger partial charge in [-0.2, -0.15) is 0 Å². The van der Waals surface area contributed by atoms with Gasteiger partial charge in [0.05, 0.1) is 13.1 Å². The molecule has 6 heteroatoms. The molecule has 0 saturated carbocycles. The number of anilines is 1. The average Bonchev–Trinajstić information content (AvgIpc) is 2.59. The summed E-state index contributed by atoms with van der Waals surface area (Å²) in [5.74, 6) is -1.12. The number of pyridine rings is 1. The molecular formula is C18H16FN3O2. The van der Waals surface area contributed by atoms with Crippen LogP contribution in [-0.4, -0.2) is 40.5 Å². The highest BCUT2D eigenvalue weighted by atomic mass is 19.1. The van der Waals surface area contributed by atoms with Gasteiger partial charge >= 0.3 is 0 Å². The van der Waals surface area contributed by atoms with Gasteiger partial charge in [0.1, 0.15) is 0 Å². The maximum absolute atomic E-state index is 14.4. The smallest absolute Gasteiger partial charge is 0.265 e. The quantitative estimate of drug-likeness (QED) is 0.878. The fraction of sp³-hybridized carbons (Fsp3) is 0.167. The first kappa shape index (κ1) is 15.9. The van der Waals surface area contributed by atoms with E-state index in [1.807, 2.05) is 24.3 Å². The number of nitrogens with one attached hydrogen (secondary N) is 1. The largest absolute Gasteiger partial charge is 0.331 e. The van der Waals surface area contributed by atoms with E-state index in [0.29, 0.717) is 5.69 Å². The molecule has 0 unspecified atom stereocenters. The second-order valence-corrected chi connectivity index (χ2v) is 5.64. The van der Waals surface area contributed by atoms with Gasteiger partial charge < -0.3 is 10.2 Å². The maximum atomic E-state index is 14.4. The van der Waals surface area contributed by atoms with Gasteiger partial charge in [-0.3, -0.25) is 14.6 Å². The monoisotopic (exact) mass is 325 g/mol. The van der Waals surface area contributed by atoms with Crippen LogP contribution in [0.1, 0.15) is 0 Å². The van der Waals surface area contributed by atoms with Gasteiger partial charge in [-0.1, -0.05) is 24.8 Å². The predicted molar refractivity (Wildman–Crippen MR) is 88.9 cm³/mol. The van der Waals surface area contributed by atoms with Crippen LogP contribution in [0.4, 0.5) is 10.1 Å². The van der Waals surface area contributed by atoms with E-state index < -0.39 is 11.6 Å². The molecule has 1 aromatic heterocycles. The summed E-state index contributed by atoms with van der Waals surface area (Å²) in [6, 6.07) is 10.8. The number of aromatic nitrogens is 1. The summed E-state index contributed by atoms with van der Waals surface area (Å²) < 4.78 is 14.4. The minimum atomic E-state index is -2.05. The normalized spacial score (nSPS) is 15.3. The van der Waals surface area contributed by atoms with Gasteiger partial charge in [0.25, 0.3) is 5.91 Å². The minimum absolute atomic E-state index is 0.253. The van der Waals surface area contributed by atoms with Crippen molar-refractivity contribution < 1.29 is 14.0 Å². The molecule has 0 spiro atoms. The molecule has 2 aromatic rings. The molecular weight excluding hydrogens is 309 g/mol. The molecule has 24 heavy (non-hydrogen) atoms. The molecule has 3 rings (SSSR count). The number of rotatable bonds is 4. The van der Waals surface area contributed by atoms with Crippen molar-refractivity contribution in [2.75, 3.05) is 18.4 Å². The molecule has 1 aliphatic rings. The van der Waals surface area contributed by atoms with Crippen molar-refractivity contribution in [2.45, 2.75) is 5.67 Å². The summed E-state index contributed by atoms with van der Waals surface area (Å²) in [4.78, 5) is 28.7. The summed E-state index contributed by atoms with van der Waals surface area (Å²) in [5.41, 5.74) is 0.344. The Kier molecular flexibility index (Phi) is 4.12. The van der Waals surface area contributed by atoms with Crippen LogP contribution in [0.15, 0.2) is 61.4 Å². The van der Waals surface area contributed by atoms with Crippen molar-refractivity contribution in [2.24, 2.45) is 0 Å². The van der Waals surface area contributed by atoms with Crippen LogP contribution >= 0.6 is 0 Å². The van der Waals surface area contributed by atoms with Gasteiger partial charge in [0.2, 0.25) is 11.6 Å². The molecule has 5 nitrogen and oxygen atoms in total. The van der Waals surface area contributed by atoms with E-state index in [-0.39, 0.29) is 19.0 Å². The van der Waals surface area contributed by atoms with Crippen molar-refractivity contribution in [1.29, 1.82) is 0 Å². The van der Waals surface area contributed by atoms with Crippen LogP contribution in [0.2, 0.25) is 0 Å².